The van der Waals surface area contributed by atoms with Crippen LogP contribution in [0.3, 0.4) is 0 Å². The molecule has 0 aliphatic carbocycles. The minimum absolute atomic E-state index is 0. The van der Waals surface area contributed by atoms with Gasteiger partial charge in [-0.05, 0) is 42.0 Å². The molecule has 2 amide bonds. The molecular weight excluding hydrogens is 550 g/mol. The van der Waals surface area contributed by atoms with Crippen molar-refractivity contribution in [1.82, 2.24) is 20.9 Å². The van der Waals surface area contributed by atoms with Crippen LogP contribution in [-0.4, -0.2) is 56.9 Å². The topological polar surface area (TPSA) is 85.8 Å². The Morgan fingerprint density at radius 2 is 1.42 bits per heavy atom. The van der Waals surface area contributed by atoms with E-state index in [0.29, 0.717) is 24.6 Å². The second kappa shape index (κ2) is 13.0. The highest BCUT2D eigenvalue weighted by atomic mass is 127. The van der Waals surface area contributed by atoms with E-state index in [-0.39, 0.29) is 42.0 Å². The Bertz CT molecular complexity index is 946. The first-order chi connectivity index (χ1) is 15.1. The van der Waals surface area contributed by atoms with E-state index in [1.807, 2.05) is 12.1 Å². The number of aliphatic imine (C=N–C) groups is 1. The molecule has 0 aliphatic rings. The summed E-state index contributed by atoms with van der Waals surface area (Å²) in [7, 11) is 4.99. The molecule has 33 heavy (non-hydrogen) atoms. The van der Waals surface area contributed by atoms with Crippen molar-refractivity contribution >= 4 is 41.8 Å². The number of carbonyl (C=O) groups excluding carboxylic acids is 2. The maximum Gasteiger partial charge on any atom is 0.416 e. The van der Waals surface area contributed by atoms with Crippen LogP contribution in [0.2, 0.25) is 0 Å². The van der Waals surface area contributed by atoms with Crippen molar-refractivity contribution in [3.05, 3.63) is 70.8 Å². The van der Waals surface area contributed by atoms with E-state index >= 15 is 0 Å². The average molecular weight is 577 g/mol. The van der Waals surface area contributed by atoms with E-state index in [1.54, 1.807) is 33.3 Å². The number of guanidine groups is 1. The summed E-state index contributed by atoms with van der Waals surface area (Å²) in [5, 5.41) is 8.79. The van der Waals surface area contributed by atoms with Gasteiger partial charge in [-0.15, -0.1) is 24.0 Å². The van der Waals surface area contributed by atoms with Gasteiger partial charge in [0.2, 0.25) is 0 Å². The van der Waals surface area contributed by atoms with Gasteiger partial charge in [0.1, 0.15) is 0 Å². The van der Waals surface area contributed by atoms with Gasteiger partial charge in [0.05, 0.1) is 5.56 Å². The molecule has 0 saturated heterocycles. The minimum atomic E-state index is -4.44. The highest BCUT2D eigenvalue weighted by Crippen LogP contribution is 2.29. The van der Waals surface area contributed by atoms with Crippen LogP contribution in [0.4, 0.5) is 13.2 Å². The van der Waals surface area contributed by atoms with Crippen LogP contribution in [0.1, 0.15) is 31.8 Å². The zero-order valence-corrected chi connectivity index (χ0v) is 20.8. The van der Waals surface area contributed by atoms with Crippen LogP contribution in [-0.2, 0) is 12.7 Å². The fraction of sp³-hybridized carbons (Fsp3) is 0.318. The molecule has 11 heteroatoms. The first kappa shape index (κ1) is 28.2. The van der Waals surface area contributed by atoms with Gasteiger partial charge in [0, 0.05) is 51.9 Å². The Balaban J connectivity index is 0.00000544. The quantitative estimate of drug-likeness (QED) is 0.205. The number of benzene rings is 2. The number of nitrogens with one attached hydrogen (secondary N) is 3. The lowest BCUT2D eigenvalue weighted by Gasteiger charge is -2.13. The Morgan fingerprint density at radius 3 is 1.94 bits per heavy atom. The van der Waals surface area contributed by atoms with Crippen LogP contribution < -0.4 is 16.0 Å². The van der Waals surface area contributed by atoms with Crippen molar-refractivity contribution in [2.45, 2.75) is 12.7 Å². The fourth-order valence-electron chi connectivity index (χ4n) is 2.70. The minimum Gasteiger partial charge on any atom is -0.355 e. The summed E-state index contributed by atoms with van der Waals surface area (Å²) >= 11 is 0. The lowest BCUT2D eigenvalue weighted by molar-refractivity contribution is -0.137. The van der Waals surface area contributed by atoms with Crippen LogP contribution in [0, 0.1) is 0 Å². The summed E-state index contributed by atoms with van der Waals surface area (Å²) in [6.07, 6.45) is -4.44. The first-order valence-corrected chi connectivity index (χ1v) is 9.82. The lowest BCUT2D eigenvalue weighted by Crippen LogP contribution is -2.41. The molecule has 3 N–H and O–H groups in total. The molecule has 0 saturated carbocycles. The van der Waals surface area contributed by atoms with Crippen LogP contribution in [0.25, 0.3) is 0 Å². The molecule has 0 unspecified atom stereocenters. The molecule has 0 atom stereocenters. The lowest BCUT2D eigenvalue weighted by atomic mass is 10.1. The number of rotatable bonds is 7. The molecule has 0 bridgehead atoms. The van der Waals surface area contributed by atoms with E-state index in [0.717, 1.165) is 29.8 Å². The second-order valence-electron chi connectivity index (χ2n) is 7.08. The molecule has 0 spiro atoms. The average Bonchev–Trinajstić information content (AvgIpc) is 2.77. The van der Waals surface area contributed by atoms with E-state index in [4.69, 9.17) is 0 Å². The van der Waals surface area contributed by atoms with Crippen molar-refractivity contribution < 1.29 is 22.8 Å². The zero-order chi connectivity index (χ0) is 23.7. The summed E-state index contributed by atoms with van der Waals surface area (Å²) in [6.45, 7) is 1.10. The van der Waals surface area contributed by atoms with Gasteiger partial charge in [0.15, 0.2) is 5.96 Å². The van der Waals surface area contributed by atoms with Crippen molar-refractivity contribution in [3.63, 3.8) is 0 Å². The van der Waals surface area contributed by atoms with E-state index in [9.17, 15) is 22.8 Å². The van der Waals surface area contributed by atoms with Crippen LogP contribution in [0.5, 0.6) is 0 Å². The Morgan fingerprint density at radius 1 is 0.879 bits per heavy atom. The van der Waals surface area contributed by atoms with Gasteiger partial charge in [-0.1, -0.05) is 12.1 Å². The number of nitrogens with zero attached hydrogens (tertiary/aromatic N) is 2. The van der Waals surface area contributed by atoms with E-state index < -0.39 is 17.6 Å². The predicted molar refractivity (Wildman–Crippen MR) is 132 cm³/mol. The van der Waals surface area contributed by atoms with Crippen molar-refractivity contribution in [2.24, 2.45) is 4.99 Å². The third-order valence-electron chi connectivity index (χ3n) is 4.47. The summed E-state index contributed by atoms with van der Waals surface area (Å²) < 4.78 is 37.8. The normalized spacial score (nSPS) is 11.3. The largest absolute Gasteiger partial charge is 0.416 e. The molecule has 0 aliphatic heterocycles. The number of hydrogen-bond donors (Lipinski definition) is 3. The Labute approximate surface area is 207 Å². The Hall–Kier alpha value is -2.83. The molecule has 0 aromatic heterocycles. The summed E-state index contributed by atoms with van der Waals surface area (Å²) in [5.41, 5.74) is 0.908. The van der Waals surface area contributed by atoms with Crippen molar-refractivity contribution in [2.75, 3.05) is 34.2 Å². The molecule has 2 rings (SSSR count). The van der Waals surface area contributed by atoms with E-state index in [2.05, 4.69) is 20.9 Å². The number of hydrogen-bond acceptors (Lipinski definition) is 3. The number of amides is 2. The smallest absolute Gasteiger partial charge is 0.355 e. The van der Waals surface area contributed by atoms with Crippen molar-refractivity contribution in [1.29, 1.82) is 0 Å². The second-order valence-corrected chi connectivity index (χ2v) is 7.08. The standard InChI is InChI=1S/C22H26F3N5O2.HI/c1-26-21(29-14-15-4-6-17(7-5-15)20(32)30(2)3)28-13-12-27-19(31)16-8-10-18(11-9-16)22(23,24)25;/h4-11H,12-14H2,1-3H3,(H,27,31)(H2,26,28,29);1H. The van der Waals surface area contributed by atoms with Crippen LogP contribution >= 0.6 is 24.0 Å². The summed E-state index contributed by atoms with van der Waals surface area (Å²) in [5.74, 6) is -0.0154. The molecular formula is C22H27F3IN5O2. The van der Waals surface area contributed by atoms with Gasteiger partial charge in [-0.2, -0.15) is 13.2 Å². The summed E-state index contributed by atoms with van der Waals surface area (Å²) in [6, 6.07) is 11.2. The fourth-order valence-corrected chi connectivity index (χ4v) is 2.70. The number of carbonyl (C=O) groups is 2. The van der Waals surface area contributed by atoms with Gasteiger partial charge >= 0.3 is 6.18 Å². The molecule has 7 nitrogen and oxygen atoms in total. The number of halogens is 4. The first-order valence-electron chi connectivity index (χ1n) is 9.82. The zero-order valence-electron chi connectivity index (χ0n) is 18.5. The van der Waals surface area contributed by atoms with Gasteiger partial charge < -0.3 is 20.9 Å². The maximum absolute atomic E-state index is 12.6. The molecule has 180 valence electrons. The maximum atomic E-state index is 12.6. The monoisotopic (exact) mass is 577 g/mol. The van der Waals surface area contributed by atoms with E-state index in [1.165, 1.54) is 4.90 Å². The third-order valence-corrected chi connectivity index (χ3v) is 4.47. The third kappa shape index (κ3) is 8.91. The van der Waals surface area contributed by atoms with Crippen molar-refractivity contribution in [3.8, 4) is 0 Å². The molecule has 0 radical (unpaired) electrons. The number of alkyl halides is 3. The van der Waals surface area contributed by atoms with Gasteiger partial charge in [0.25, 0.3) is 11.8 Å². The predicted octanol–water partition coefficient (Wildman–Crippen LogP) is 3.12. The van der Waals surface area contributed by atoms with Crippen LogP contribution in [0.15, 0.2) is 53.5 Å². The SMILES string of the molecule is CN=C(NCCNC(=O)c1ccc(C(F)(F)F)cc1)NCc1ccc(C(=O)N(C)C)cc1.I. The molecule has 0 fully saturated rings. The Kier molecular flexibility index (Phi) is 11.1. The molecule has 2 aromatic rings. The highest BCUT2D eigenvalue weighted by molar-refractivity contribution is 14.0. The summed E-state index contributed by atoms with van der Waals surface area (Å²) in [4.78, 5) is 29.6. The molecule has 2 aromatic carbocycles. The van der Waals surface area contributed by atoms with Gasteiger partial charge in [-0.25, -0.2) is 0 Å². The van der Waals surface area contributed by atoms with Gasteiger partial charge in [-0.3, -0.25) is 14.6 Å². The molecule has 0 heterocycles. The highest BCUT2D eigenvalue weighted by Gasteiger charge is 2.30.